The lowest BCUT2D eigenvalue weighted by molar-refractivity contribution is 0.527. The van der Waals surface area contributed by atoms with Crippen LogP contribution in [0.1, 0.15) is 83.1 Å². The number of hydrogen-bond acceptors (Lipinski definition) is 2. The van der Waals surface area contributed by atoms with Crippen molar-refractivity contribution in [1.29, 1.82) is 0 Å². The lowest BCUT2D eigenvalue weighted by Gasteiger charge is -2.46. The van der Waals surface area contributed by atoms with Crippen LogP contribution in [0, 0.1) is 0 Å². The first-order valence-electron chi connectivity index (χ1n) is 11.9. The molecule has 0 aliphatic rings. The van der Waals surface area contributed by atoms with Gasteiger partial charge in [0.05, 0.1) is 0 Å². The largest absolute Gasteiger partial charge is 0.318 e. The normalized spacial score (nSPS) is 14.4. The third-order valence-electron chi connectivity index (χ3n) is 6.64. The summed E-state index contributed by atoms with van der Waals surface area (Å²) in [4.78, 5) is 0. The summed E-state index contributed by atoms with van der Waals surface area (Å²) in [6.07, 6.45) is 0. The van der Waals surface area contributed by atoms with Gasteiger partial charge in [-0.3, -0.25) is 18.2 Å². The van der Waals surface area contributed by atoms with Crippen LogP contribution in [0.3, 0.4) is 0 Å². The quantitative estimate of drug-likeness (QED) is 0.365. The van der Waals surface area contributed by atoms with E-state index in [2.05, 4.69) is 102 Å². The van der Waals surface area contributed by atoms with E-state index in [1.54, 1.807) is 0 Å². The van der Waals surface area contributed by atoms with Crippen molar-refractivity contribution >= 4 is 43.1 Å². The van der Waals surface area contributed by atoms with Gasteiger partial charge < -0.3 is 9.13 Å². The van der Waals surface area contributed by atoms with Gasteiger partial charge in [0.15, 0.2) is 0 Å². The van der Waals surface area contributed by atoms with E-state index in [-0.39, 0.29) is 20.6 Å². The summed E-state index contributed by atoms with van der Waals surface area (Å²) in [6.45, 7) is 25.0. The molecule has 0 saturated carbocycles. The monoisotopic (exact) mass is 485 g/mol. The van der Waals surface area contributed by atoms with E-state index >= 15 is 0 Å². The lowest BCUT2D eigenvalue weighted by atomic mass is 9.64. The summed E-state index contributed by atoms with van der Waals surface area (Å²) < 4.78 is 29.6. The Hall–Kier alpha value is -1.04. The Morgan fingerprint density at radius 1 is 0.485 bits per heavy atom. The standard InChI is InChI=1S/C28H44BO2P2/c1-25(2,3)32(30,26(4,5)6)23-19-15-13-17-21(23)29-22-18-14-16-20-24(22)33(31,27(7,8)9)28(10,11)12/h13-20H,1-12H3/q-1. The maximum atomic E-state index is 14.8. The third-order valence-corrected chi connectivity index (χ3v) is 16.4. The fourth-order valence-corrected chi connectivity index (χ4v) is 13.9. The molecule has 0 bridgehead atoms. The molecular formula is C28H44BO2P2-. The molecule has 0 N–H and O–H groups in total. The average Bonchev–Trinajstić information content (AvgIpc) is 2.64. The molecule has 0 saturated heterocycles. The van der Waals surface area contributed by atoms with Crippen LogP contribution >= 0.6 is 14.3 Å². The zero-order valence-electron chi connectivity index (χ0n) is 22.9. The van der Waals surface area contributed by atoms with Crippen LogP contribution in [0.2, 0.25) is 0 Å². The van der Waals surface area contributed by atoms with Gasteiger partial charge in [-0.25, -0.2) is 0 Å². The van der Waals surface area contributed by atoms with E-state index in [1.165, 1.54) is 0 Å². The first-order valence-corrected chi connectivity index (χ1v) is 15.4. The highest BCUT2D eigenvalue weighted by Crippen LogP contribution is 2.66. The van der Waals surface area contributed by atoms with Gasteiger partial charge in [-0.2, -0.15) is 0 Å². The Kier molecular flexibility index (Phi) is 7.59. The van der Waals surface area contributed by atoms with Gasteiger partial charge in [0, 0.05) is 20.6 Å². The zero-order chi connectivity index (χ0) is 25.7. The highest BCUT2D eigenvalue weighted by Gasteiger charge is 2.48. The predicted molar refractivity (Wildman–Crippen MR) is 151 cm³/mol. The van der Waals surface area contributed by atoms with Gasteiger partial charge in [-0.1, -0.05) is 119 Å². The van der Waals surface area contributed by atoms with E-state index in [1.807, 2.05) is 36.4 Å². The predicted octanol–water partition coefficient (Wildman–Crippen LogP) is 6.51. The number of rotatable bonds is 4. The molecule has 0 amide bonds. The van der Waals surface area contributed by atoms with E-state index in [0.717, 1.165) is 21.5 Å². The maximum absolute atomic E-state index is 14.8. The molecule has 0 atom stereocenters. The Labute approximate surface area is 204 Å². The van der Waals surface area contributed by atoms with Gasteiger partial charge in [-0.15, -0.1) is 12.1 Å². The van der Waals surface area contributed by atoms with Crippen molar-refractivity contribution in [1.82, 2.24) is 0 Å². The summed E-state index contributed by atoms with van der Waals surface area (Å²) in [5.74, 6) is 0. The molecule has 0 aliphatic carbocycles. The lowest BCUT2D eigenvalue weighted by Crippen LogP contribution is -2.49. The maximum Gasteiger partial charge on any atom is 0.122 e. The fraction of sp³-hybridized carbons (Fsp3) is 0.571. The molecule has 33 heavy (non-hydrogen) atoms. The van der Waals surface area contributed by atoms with Crippen LogP contribution in [0.4, 0.5) is 0 Å². The third kappa shape index (κ3) is 4.88. The summed E-state index contributed by atoms with van der Waals surface area (Å²) in [7, 11) is -3.56. The molecule has 2 nitrogen and oxygen atoms in total. The molecule has 2 radical (unpaired) electrons. The second-order valence-electron chi connectivity index (χ2n) is 13.2. The first-order chi connectivity index (χ1) is 14.7. The van der Waals surface area contributed by atoms with Crippen molar-refractivity contribution in [2.24, 2.45) is 0 Å². The summed E-state index contributed by atoms with van der Waals surface area (Å²) in [6, 6.07) is 16.1. The van der Waals surface area contributed by atoms with Crippen molar-refractivity contribution in [2.45, 2.75) is 104 Å². The molecule has 0 heterocycles. The van der Waals surface area contributed by atoms with Gasteiger partial charge >= 0.3 is 0 Å². The first kappa shape index (κ1) is 28.2. The van der Waals surface area contributed by atoms with Gasteiger partial charge in [0.2, 0.25) is 0 Å². The van der Waals surface area contributed by atoms with Crippen molar-refractivity contribution in [2.75, 3.05) is 0 Å². The Balaban J connectivity index is 2.81. The smallest absolute Gasteiger partial charge is 0.122 e. The molecule has 2 aromatic carbocycles. The van der Waals surface area contributed by atoms with Crippen LogP contribution in [0.5, 0.6) is 0 Å². The van der Waals surface area contributed by atoms with Crippen LogP contribution in [0.15, 0.2) is 48.5 Å². The molecule has 0 aromatic heterocycles. The second-order valence-corrected chi connectivity index (χ2v) is 21.9. The molecule has 0 aliphatic heterocycles. The molecule has 2 aromatic rings. The molecule has 5 heteroatoms. The molecule has 0 fully saturated rings. The Morgan fingerprint density at radius 2 is 0.727 bits per heavy atom. The molecular weight excluding hydrogens is 441 g/mol. The van der Waals surface area contributed by atoms with Gasteiger partial charge in [0.25, 0.3) is 0 Å². The zero-order valence-corrected chi connectivity index (χ0v) is 24.7. The summed E-state index contributed by atoms with van der Waals surface area (Å²) in [5.41, 5.74) is 1.90. The number of benzene rings is 2. The van der Waals surface area contributed by atoms with E-state index in [9.17, 15) is 9.13 Å². The minimum atomic E-state index is -2.84. The average molecular weight is 485 g/mol. The van der Waals surface area contributed by atoms with E-state index < -0.39 is 14.3 Å². The number of hydrogen-bond donors (Lipinski definition) is 0. The Morgan fingerprint density at radius 3 is 0.970 bits per heavy atom. The fourth-order valence-electron chi connectivity index (χ4n) is 5.42. The molecule has 2 rings (SSSR count). The summed E-state index contributed by atoms with van der Waals surface area (Å²) in [5, 5.41) is 0.255. The van der Waals surface area contributed by atoms with Gasteiger partial charge in [-0.05, 0) is 10.6 Å². The van der Waals surface area contributed by atoms with Crippen LogP contribution < -0.4 is 21.5 Å². The van der Waals surface area contributed by atoms with Crippen LogP contribution in [0.25, 0.3) is 0 Å². The van der Waals surface area contributed by atoms with Crippen molar-refractivity contribution in [3.8, 4) is 0 Å². The summed E-state index contributed by atoms with van der Waals surface area (Å²) >= 11 is 0. The topological polar surface area (TPSA) is 34.1 Å². The highest BCUT2D eigenvalue weighted by molar-refractivity contribution is 7.75. The van der Waals surface area contributed by atoms with Crippen molar-refractivity contribution in [3.63, 3.8) is 0 Å². The minimum Gasteiger partial charge on any atom is -0.318 e. The molecule has 182 valence electrons. The van der Waals surface area contributed by atoms with E-state index in [4.69, 9.17) is 0 Å². The van der Waals surface area contributed by atoms with Crippen molar-refractivity contribution in [3.05, 3.63) is 48.5 Å². The molecule has 0 spiro atoms. The minimum absolute atomic E-state index is 0.388. The van der Waals surface area contributed by atoms with Crippen molar-refractivity contribution < 1.29 is 9.13 Å². The molecule has 0 unspecified atom stereocenters. The Bertz CT molecular complexity index is 967. The van der Waals surface area contributed by atoms with Gasteiger partial charge in [0.1, 0.15) is 14.3 Å². The van der Waals surface area contributed by atoms with Crippen LogP contribution in [-0.4, -0.2) is 27.9 Å². The second kappa shape index (κ2) is 8.88. The van der Waals surface area contributed by atoms with Crippen LogP contribution in [-0.2, 0) is 9.13 Å². The van der Waals surface area contributed by atoms with E-state index in [0.29, 0.717) is 0 Å². The SMILES string of the molecule is CC(C)(C)P(=O)(c1ccccc1[B-]c1ccccc1P(=O)(C(C)(C)C)C(C)(C)C)C(C)(C)C. The highest BCUT2D eigenvalue weighted by atomic mass is 31.2.